The van der Waals surface area contributed by atoms with Crippen molar-refractivity contribution in [2.24, 2.45) is 0 Å². The number of likely N-dealkylation sites (tertiary alicyclic amines) is 1. The number of benzene rings is 2. The lowest BCUT2D eigenvalue weighted by Gasteiger charge is -2.26. The predicted octanol–water partition coefficient (Wildman–Crippen LogP) is 3.08. The van der Waals surface area contributed by atoms with Crippen LogP contribution in [0.25, 0.3) is 0 Å². The van der Waals surface area contributed by atoms with Crippen molar-refractivity contribution < 1.29 is 19.5 Å². The smallest absolute Gasteiger partial charge is 0.335 e. The van der Waals surface area contributed by atoms with Gasteiger partial charge in [0.2, 0.25) is 11.8 Å². The summed E-state index contributed by atoms with van der Waals surface area (Å²) in [4.78, 5) is 37.1. The summed E-state index contributed by atoms with van der Waals surface area (Å²) in [6, 6.07) is 13.8. The summed E-state index contributed by atoms with van der Waals surface area (Å²) in [6.45, 7) is 1.32. The second-order valence-electron chi connectivity index (χ2n) is 6.70. The number of nitrogens with zero attached hydrogens (tertiary/aromatic N) is 1. The zero-order valence-electron chi connectivity index (χ0n) is 15.0. The number of aromatic carboxylic acids is 1. The molecule has 27 heavy (non-hydrogen) atoms. The van der Waals surface area contributed by atoms with Crippen LogP contribution in [0.1, 0.15) is 40.7 Å². The average molecular weight is 366 g/mol. The van der Waals surface area contributed by atoms with Crippen LogP contribution in [-0.4, -0.2) is 34.3 Å². The van der Waals surface area contributed by atoms with Gasteiger partial charge in [-0.05, 0) is 48.2 Å². The van der Waals surface area contributed by atoms with Gasteiger partial charge in [-0.25, -0.2) is 4.79 Å². The molecule has 0 aromatic heterocycles. The molecule has 3 rings (SSSR count). The molecule has 1 aliphatic heterocycles. The van der Waals surface area contributed by atoms with Crippen molar-refractivity contribution in [1.82, 2.24) is 4.90 Å². The lowest BCUT2D eigenvalue weighted by atomic mass is 10.1. The first kappa shape index (κ1) is 18.6. The number of carbonyl (C=O) groups excluding carboxylic acids is 2. The van der Waals surface area contributed by atoms with Crippen LogP contribution < -0.4 is 5.32 Å². The predicted molar refractivity (Wildman–Crippen MR) is 101 cm³/mol. The van der Waals surface area contributed by atoms with E-state index in [9.17, 15) is 14.4 Å². The van der Waals surface area contributed by atoms with Crippen LogP contribution in [-0.2, 0) is 22.6 Å². The third-order valence-corrected chi connectivity index (χ3v) is 4.54. The van der Waals surface area contributed by atoms with Crippen LogP contribution in [0.2, 0.25) is 0 Å². The number of carboxylic acid groups (broad SMARTS) is 1. The Labute approximate surface area is 157 Å². The normalized spacial score (nSPS) is 14.1. The fourth-order valence-corrected chi connectivity index (χ4v) is 3.20. The molecule has 1 heterocycles. The average Bonchev–Trinajstić information content (AvgIpc) is 2.64. The maximum atomic E-state index is 12.3. The molecule has 0 bridgehead atoms. The highest BCUT2D eigenvalue weighted by Gasteiger charge is 2.18. The highest BCUT2D eigenvalue weighted by atomic mass is 16.4. The molecule has 6 nitrogen and oxygen atoms in total. The Hall–Kier alpha value is -3.15. The number of hydrogen-bond donors (Lipinski definition) is 2. The van der Waals surface area contributed by atoms with Gasteiger partial charge in [-0.1, -0.05) is 24.3 Å². The summed E-state index contributed by atoms with van der Waals surface area (Å²) in [6.07, 6.45) is 2.67. The molecular formula is C21H22N2O4. The van der Waals surface area contributed by atoms with Gasteiger partial charge in [0.25, 0.3) is 0 Å². The van der Waals surface area contributed by atoms with Gasteiger partial charge >= 0.3 is 5.97 Å². The molecular weight excluding hydrogens is 344 g/mol. The van der Waals surface area contributed by atoms with E-state index in [0.717, 1.165) is 24.9 Å². The van der Waals surface area contributed by atoms with Gasteiger partial charge in [-0.3, -0.25) is 9.59 Å². The minimum atomic E-state index is -1.02. The van der Waals surface area contributed by atoms with Crippen molar-refractivity contribution >= 4 is 23.5 Å². The van der Waals surface area contributed by atoms with E-state index in [1.807, 2.05) is 23.1 Å². The minimum Gasteiger partial charge on any atom is -0.478 e. The molecule has 0 aliphatic carbocycles. The van der Waals surface area contributed by atoms with Gasteiger partial charge in [-0.15, -0.1) is 0 Å². The lowest BCUT2D eigenvalue weighted by Crippen LogP contribution is -2.34. The summed E-state index contributed by atoms with van der Waals surface area (Å²) in [5, 5.41) is 11.9. The Morgan fingerprint density at radius 3 is 2.59 bits per heavy atom. The van der Waals surface area contributed by atoms with Gasteiger partial charge in [0.15, 0.2) is 0 Å². The van der Waals surface area contributed by atoms with Crippen molar-refractivity contribution in [1.29, 1.82) is 0 Å². The summed E-state index contributed by atoms with van der Waals surface area (Å²) >= 11 is 0. The van der Waals surface area contributed by atoms with E-state index in [1.54, 1.807) is 18.2 Å². The number of carboxylic acids is 1. The molecule has 140 valence electrons. The molecule has 0 radical (unpaired) electrons. The number of anilines is 1. The Kier molecular flexibility index (Phi) is 5.86. The molecule has 0 spiro atoms. The fourth-order valence-electron chi connectivity index (χ4n) is 3.20. The highest BCUT2D eigenvalue weighted by molar-refractivity contribution is 5.93. The van der Waals surface area contributed by atoms with Crippen LogP contribution >= 0.6 is 0 Å². The Morgan fingerprint density at radius 1 is 1.04 bits per heavy atom. The highest BCUT2D eigenvalue weighted by Crippen LogP contribution is 2.17. The molecule has 1 saturated heterocycles. The van der Waals surface area contributed by atoms with E-state index in [0.29, 0.717) is 24.2 Å². The van der Waals surface area contributed by atoms with E-state index >= 15 is 0 Å². The third-order valence-electron chi connectivity index (χ3n) is 4.54. The first-order valence-electron chi connectivity index (χ1n) is 9.00. The second kappa shape index (κ2) is 8.49. The van der Waals surface area contributed by atoms with Gasteiger partial charge in [0, 0.05) is 25.2 Å². The van der Waals surface area contributed by atoms with E-state index in [2.05, 4.69) is 5.32 Å². The topological polar surface area (TPSA) is 86.7 Å². The molecule has 6 heteroatoms. The van der Waals surface area contributed by atoms with E-state index in [1.165, 1.54) is 12.1 Å². The fraction of sp³-hybridized carbons (Fsp3) is 0.286. The van der Waals surface area contributed by atoms with Gasteiger partial charge in [-0.2, -0.15) is 0 Å². The van der Waals surface area contributed by atoms with E-state index in [4.69, 9.17) is 5.11 Å². The van der Waals surface area contributed by atoms with Crippen molar-refractivity contribution in [3.05, 3.63) is 65.2 Å². The Bertz CT molecular complexity index is 863. The molecule has 2 amide bonds. The maximum absolute atomic E-state index is 12.3. The number of rotatable bonds is 6. The van der Waals surface area contributed by atoms with Crippen molar-refractivity contribution in [3.63, 3.8) is 0 Å². The van der Waals surface area contributed by atoms with E-state index < -0.39 is 5.97 Å². The van der Waals surface area contributed by atoms with Crippen molar-refractivity contribution in [2.45, 2.75) is 32.2 Å². The monoisotopic (exact) mass is 366 g/mol. The number of amides is 2. The van der Waals surface area contributed by atoms with Gasteiger partial charge in [0.1, 0.15) is 0 Å². The van der Waals surface area contributed by atoms with E-state index in [-0.39, 0.29) is 23.8 Å². The summed E-state index contributed by atoms with van der Waals surface area (Å²) in [5.41, 5.74) is 2.43. The zero-order chi connectivity index (χ0) is 19.2. The number of carbonyl (C=O) groups is 3. The van der Waals surface area contributed by atoms with Crippen LogP contribution in [0.3, 0.4) is 0 Å². The number of nitrogens with one attached hydrogen (secondary N) is 1. The van der Waals surface area contributed by atoms with Crippen LogP contribution in [0.4, 0.5) is 5.69 Å². The summed E-state index contributed by atoms with van der Waals surface area (Å²) in [7, 11) is 0. The minimum absolute atomic E-state index is 0.0932. The molecule has 2 aromatic rings. The molecule has 2 aromatic carbocycles. The van der Waals surface area contributed by atoms with Crippen molar-refractivity contribution in [3.8, 4) is 0 Å². The first-order valence-corrected chi connectivity index (χ1v) is 9.00. The summed E-state index contributed by atoms with van der Waals surface area (Å²) < 4.78 is 0. The van der Waals surface area contributed by atoms with Gasteiger partial charge < -0.3 is 15.3 Å². The quantitative estimate of drug-likeness (QED) is 0.822. The largest absolute Gasteiger partial charge is 0.478 e. The van der Waals surface area contributed by atoms with Crippen LogP contribution in [0, 0.1) is 0 Å². The summed E-state index contributed by atoms with van der Waals surface area (Å²) in [5.74, 6) is -1.06. The number of hydrogen-bond acceptors (Lipinski definition) is 3. The molecule has 0 atom stereocenters. The molecule has 0 saturated carbocycles. The van der Waals surface area contributed by atoms with Crippen molar-refractivity contribution in [2.75, 3.05) is 11.9 Å². The SMILES string of the molecule is O=C(Cc1cccc(C(=O)O)c1)Nc1cccc(CN2CCCCC2=O)c1. The lowest BCUT2D eigenvalue weighted by molar-refractivity contribution is -0.133. The molecule has 1 fully saturated rings. The standard InChI is InChI=1S/C21H22N2O4/c24-19(13-15-5-3-7-17(11-15)21(26)27)22-18-8-4-6-16(12-18)14-23-10-2-1-9-20(23)25/h3-8,11-12H,1-2,9-10,13-14H2,(H,22,24)(H,26,27). The maximum Gasteiger partial charge on any atom is 0.335 e. The molecule has 2 N–H and O–H groups in total. The molecule has 0 unspecified atom stereocenters. The second-order valence-corrected chi connectivity index (χ2v) is 6.70. The van der Waals surface area contributed by atoms with Crippen LogP contribution in [0.5, 0.6) is 0 Å². The third kappa shape index (κ3) is 5.17. The first-order chi connectivity index (χ1) is 13.0. The van der Waals surface area contributed by atoms with Crippen LogP contribution in [0.15, 0.2) is 48.5 Å². The Balaban J connectivity index is 1.62. The number of piperidine rings is 1. The van der Waals surface area contributed by atoms with Gasteiger partial charge in [0.05, 0.1) is 12.0 Å². The molecule has 1 aliphatic rings. The Morgan fingerprint density at radius 2 is 1.81 bits per heavy atom. The zero-order valence-corrected chi connectivity index (χ0v) is 15.0.